The molecular weight excluding hydrogens is 328 g/mol. The van der Waals surface area contributed by atoms with Crippen LogP contribution in [0.5, 0.6) is 0 Å². The molecule has 0 aromatic heterocycles. The molecule has 140 valence electrons. The Bertz CT molecular complexity index is 660. The van der Waals surface area contributed by atoms with Crippen molar-refractivity contribution in [1.82, 2.24) is 0 Å². The summed E-state index contributed by atoms with van der Waals surface area (Å²) in [4.78, 5) is 0. The zero-order valence-corrected chi connectivity index (χ0v) is 15.3. The van der Waals surface area contributed by atoms with Crippen molar-refractivity contribution >= 4 is 0 Å². The van der Waals surface area contributed by atoms with Gasteiger partial charge in [-0.2, -0.15) is 0 Å². The third-order valence-electron chi connectivity index (χ3n) is 4.98. The second-order valence-electron chi connectivity index (χ2n) is 6.85. The van der Waals surface area contributed by atoms with E-state index in [0.717, 1.165) is 24.0 Å². The molecule has 4 atom stereocenters. The Morgan fingerprint density at radius 3 is 2.35 bits per heavy atom. The van der Waals surface area contributed by atoms with Gasteiger partial charge in [-0.25, -0.2) is 0 Å². The normalized spacial score (nSPS) is 25.6. The number of hydrogen-bond donors (Lipinski definition) is 2. The van der Waals surface area contributed by atoms with Crippen molar-refractivity contribution in [3.05, 3.63) is 71.8 Å². The number of ether oxygens (including phenoxy) is 2. The van der Waals surface area contributed by atoms with Gasteiger partial charge in [-0.1, -0.05) is 80.4 Å². The molecule has 2 aromatic rings. The van der Waals surface area contributed by atoms with Gasteiger partial charge < -0.3 is 19.7 Å². The van der Waals surface area contributed by atoms with Crippen LogP contribution in [-0.2, 0) is 15.3 Å². The van der Waals surface area contributed by atoms with Crippen molar-refractivity contribution in [1.29, 1.82) is 0 Å². The number of benzene rings is 2. The molecule has 0 radical (unpaired) electrons. The molecule has 4 nitrogen and oxygen atoms in total. The van der Waals surface area contributed by atoms with Gasteiger partial charge in [0.15, 0.2) is 0 Å². The Balaban J connectivity index is 1.93. The molecule has 26 heavy (non-hydrogen) atoms. The van der Waals surface area contributed by atoms with Crippen LogP contribution in [-0.4, -0.2) is 29.0 Å². The Hall–Kier alpha value is -1.72. The van der Waals surface area contributed by atoms with Crippen LogP contribution in [0.3, 0.4) is 0 Å². The van der Waals surface area contributed by atoms with Crippen LogP contribution < -0.4 is 0 Å². The lowest BCUT2D eigenvalue weighted by molar-refractivity contribution is -0.352. The van der Waals surface area contributed by atoms with Crippen molar-refractivity contribution in [2.45, 2.75) is 56.7 Å². The van der Waals surface area contributed by atoms with Crippen LogP contribution in [0.4, 0.5) is 0 Å². The first kappa shape index (κ1) is 19.1. The Kier molecular flexibility index (Phi) is 6.43. The fourth-order valence-corrected chi connectivity index (χ4v) is 3.49. The smallest absolute Gasteiger partial charge is 0.226 e. The van der Waals surface area contributed by atoms with Gasteiger partial charge >= 0.3 is 0 Å². The van der Waals surface area contributed by atoms with E-state index in [0.29, 0.717) is 19.4 Å². The van der Waals surface area contributed by atoms with Gasteiger partial charge in [-0.3, -0.25) is 0 Å². The van der Waals surface area contributed by atoms with Gasteiger partial charge in [0.2, 0.25) is 5.79 Å². The highest BCUT2D eigenvalue weighted by Gasteiger charge is 2.48. The molecule has 2 aromatic carbocycles. The monoisotopic (exact) mass is 356 g/mol. The molecule has 4 unspecified atom stereocenters. The first-order valence-electron chi connectivity index (χ1n) is 9.45. The summed E-state index contributed by atoms with van der Waals surface area (Å²) in [6, 6.07) is 18.9. The molecule has 3 rings (SSSR count). The van der Waals surface area contributed by atoms with Crippen LogP contribution in [0.15, 0.2) is 60.7 Å². The van der Waals surface area contributed by atoms with E-state index in [1.807, 2.05) is 60.7 Å². The van der Waals surface area contributed by atoms with E-state index in [2.05, 4.69) is 6.92 Å². The molecule has 0 aliphatic carbocycles. The van der Waals surface area contributed by atoms with Crippen molar-refractivity contribution in [2.75, 3.05) is 6.61 Å². The van der Waals surface area contributed by atoms with E-state index in [9.17, 15) is 10.2 Å². The maximum absolute atomic E-state index is 11.2. The Morgan fingerprint density at radius 1 is 1.04 bits per heavy atom. The van der Waals surface area contributed by atoms with Gasteiger partial charge in [0, 0.05) is 5.56 Å². The number of unbranched alkanes of at least 4 members (excludes halogenated alkanes) is 1. The summed E-state index contributed by atoms with van der Waals surface area (Å²) in [5.74, 6) is -1.32. The number of hydrogen-bond acceptors (Lipinski definition) is 4. The van der Waals surface area contributed by atoms with E-state index in [4.69, 9.17) is 9.47 Å². The quantitative estimate of drug-likeness (QED) is 0.789. The Morgan fingerprint density at radius 2 is 1.69 bits per heavy atom. The molecule has 1 heterocycles. The van der Waals surface area contributed by atoms with Crippen LogP contribution in [0.2, 0.25) is 0 Å². The third-order valence-corrected chi connectivity index (χ3v) is 4.98. The molecule has 1 saturated heterocycles. The highest BCUT2D eigenvalue weighted by atomic mass is 16.7. The number of aliphatic hydroxyl groups is 2. The summed E-state index contributed by atoms with van der Waals surface area (Å²) in [5, 5.41) is 21.8. The minimum absolute atomic E-state index is 0.367. The highest BCUT2D eigenvalue weighted by Crippen LogP contribution is 2.44. The second-order valence-corrected chi connectivity index (χ2v) is 6.85. The largest absolute Gasteiger partial charge is 0.390 e. The molecule has 2 N–H and O–H groups in total. The highest BCUT2D eigenvalue weighted by molar-refractivity contribution is 5.28. The zero-order chi connectivity index (χ0) is 18.4. The fraction of sp³-hybridized carbons (Fsp3) is 0.455. The average Bonchev–Trinajstić information content (AvgIpc) is 2.72. The molecule has 0 spiro atoms. The predicted molar refractivity (Wildman–Crippen MR) is 100 cm³/mol. The molecule has 1 fully saturated rings. The minimum Gasteiger partial charge on any atom is -0.390 e. The summed E-state index contributed by atoms with van der Waals surface area (Å²) in [6.45, 7) is 2.53. The van der Waals surface area contributed by atoms with E-state index < -0.39 is 18.0 Å². The van der Waals surface area contributed by atoms with Gasteiger partial charge in [-0.05, 0) is 18.4 Å². The Labute approximate surface area is 155 Å². The molecule has 0 amide bonds. The number of aliphatic hydroxyl groups excluding tert-OH is 2. The van der Waals surface area contributed by atoms with Crippen LogP contribution in [0.25, 0.3) is 0 Å². The molecule has 1 aliphatic heterocycles. The second kappa shape index (κ2) is 8.78. The van der Waals surface area contributed by atoms with Crippen molar-refractivity contribution in [2.24, 2.45) is 0 Å². The summed E-state index contributed by atoms with van der Waals surface area (Å²) >= 11 is 0. The lowest BCUT2D eigenvalue weighted by Crippen LogP contribution is -2.50. The van der Waals surface area contributed by atoms with E-state index in [-0.39, 0.29) is 6.10 Å². The van der Waals surface area contributed by atoms with Gasteiger partial charge in [0.25, 0.3) is 0 Å². The van der Waals surface area contributed by atoms with Crippen LogP contribution in [0.1, 0.15) is 49.8 Å². The lowest BCUT2D eigenvalue weighted by atomic mass is 9.92. The SMILES string of the molecule is CCCCC(O)C1CCOC(c2ccccc2)(C(O)c2ccccc2)O1. The molecular formula is C22H28O4. The lowest BCUT2D eigenvalue weighted by Gasteiger charge is -2.45. The van der Waals surface area contributed by atoms with E-state index in [1.165, 1.54) is 0 Å². The summed E-state index contributed by atoms with van der Waals surface area (Å²) < 4.78 is 12.4. The van der Waals surface area contributed by atoms with E-state index >= 15 is 0 Å². The maximum Gasteiger partial charge on any atom is 0.226 e. The zero-order valence-electron chi connectivity index (χ0n) is 15.3. The number of rotatable bonds is 7. The van der Waals surface area contributed by atoms with Gasteiger partial charge in [0.1, 0.15) is 6.10 Å². The minimum atomic E-state index is -1.32. The van der Waals surface area contributed by atoms with Crippen molar-refractivity contribution in [3.63, 3.8) is 0 Å². The van der Waals surface area contributed by atoms with Crippen molar-refractivity contribution in [3.8, 4) is 0 Å². The fourth-order valence-electron chi connectivity index (χ4n) is 3.49. The molecule has 1 aliphatic rings. The topological polar surface area (TPSA) is 58.9 Å². The van der Waals surface area contributed by atoms with Crippen LogP contribution in [0, 0.1) is 0 Å². The molecule has 0 bridgehead atoms. The average molecular weight is 356 g/mol. The molecule has 4 heteroatoms. The summed E-state index contributed by atoms with van der Waals surface area (Å²) in [6.07, 6.45) is 1.35. The predicted octanol–water partition coefficient (Wildman–Crippen LogP) is 3.93. The van der Waals surface area contributed by atoms with Gasteiger partial charge in [-0.15, -0.1) is 0 Å². The maximum atomic E-state index is 11.2. The van der Waals surface area contributed by atoms with E-state index in [1.54, 1.807) is 0 Å². The van der Waals surface area contributed by atoms with Crippen LogP contribution >= 0.6 is 0 Å². The third kappa shape index (κ3) is 3.99. The standard InChI is InChI=1S/C22H28O4/c1-2-3-14-19(23)20-15-16-25-22(26-20,18-12-8-5-9-13-18)21(24)17-10-6-4-7-11-17/h4-13,19-21,23-24H,2-3,14-16H2,1H3. The first-order valence-corrected chi connectivity index (χ1v) is 9.45. The van der Waals surface area contributed by atoms with Gasteiger partial charge in [0.05, 0.1) is 18.8 Å². The summed E-state index contributed by atoms with van der Waals surface area (Å²) in [7, 11) is 0. The van der Waals surface area contributed by atoms with Crippen molar-refractivity contribution < 1.29 is 19.7 Å². The molecule has 0 saturated carbocycles. The summed E-state index contributed by atoms with van der Waals surface area (Å²) in [5.41, 5.74) is 1.48. The first-order chi connectivity index (χ1) is 12.7.